The molecular weight excluding hydrogens is 342 g/mol. The zero-order chi connectivity index (χ0) is 18.5. The number of carbonyl (C=O) groups excluding carboxylic acids is 1. The fourth-order valence-corrected chi connectivity index (χ4v) is 3.43. The predicted octanol–water partition coefficient (Wildman–Crippen LogP) is 1.25. The van der Waals surface area contributed by atoms with Gasteiger partial charge in [-0.15, -0.1) is 0 Å². The van der Waals surface area contributed by atoms with E-state index in [0.717, 1.165) is 42.9 Å². The maximum Gasteiger partial charge on any atom is 0.242 e. The van der Waals surface area contributed by atoms with Crippen LogP contribution in [0, 0.1) is 0 Å². The topological polar surface area (TPSA) is 89.7 Å². The number of carbonyl (C=O) groups is 1. The van der Waals surface area contributed by atoms with Gasteiger partial charge in [-0.3, -0.25) is 9.48 Å². The molecule has 0 bridgehead atoms. The van der Waals surface area contributed by atoms with Crippen LogP contribution in [0.5, 0.6) is 0 Å². The zero-order valence-electron chi connectivity index (χ0n) is 15.1. The molecule has 0 unspecified atom stereocenters. The van der Waals surface area contributed by atoms with E-state index in [0.29, 0.717) is 12.5 Å². The van der Waals surface area contributed by atoms with Gasteiger partial charge in [0.15, 0.2) is 0 Å². The summed E-state index contributed by atoms with van der Waals surface area (Å²) in [6, 6.07) is 9.89. The van der Waals surface area contributed by atoms with Crippen molar-refractivity contribution in [2.75, 3.05) is 13.1 Å². The molecule has 27 heavy (non-hydrogen) atoms. The minimum absolute atomic E-state index is 0.0379. The lowest BCUT2D eigenvalue weighted by Gasteiger charge is -2.23. The molecule has 1 aromatic carbocycles. The first-order chi connectivity index (χ1) is 13.3. The molecule has 1 aliphatic heterocycles. The summed E-state index contributed by atoms with van der Waals surface area (Å²) in [4.78, 5) is 16.3. The van der Waals surface area contributed by atoms with Crippen molar-refractivity contribution < 1.29 is 4.79 Å². The molecule has 1 saturated heterocycles. The van der Waals surface area contributed by atoms with Crippen molar-refractivity contribution in [2.45, 2.75) is 31.8 Å². The summed E-state index contributed by atoms with van der Waals surface area (Å²) in [5.41, 5.74) is 3.10. The summed E-state index contributed by atoms with van der Waals surface area (Å²) in [5.74, 6) is 0.391. The highest BCUT2D eigenvalue weighted by Crippen LogP contribution is 2.22. The molecule has 1 atom stereocenters. The fourth-order valence-electron chi connectivity index (χ4n) is 3.43. The van der Waals surface area contributed by atoms with E-state index in [1.54, 1.807) is 17.2 Å². The molecule has 140 valence electrons. The van der Waals surface area contributed by atoms with Crippen LogP contribution in [-0.4, -0.2) is 43.5 Å². The third kappa shape index (κ3) is 4.22. The van der Waals surface area contributed by atoms with Gasteiger partial charge in [-0.25, -0.2) is 9.67 Å². The lowest BCUT2D eigenvalue weighted by molar-refractivity contribution is -0.122. The molecule has 3 aromatic rings. The van der Waals surface area contributed by atoms with Crippen LogP contribution >= 0.6 is 0 Å². The second kappa shape index (κ2) is 8.13. The Morgan fingerprint density at radius 3 is 2.85 bits per heavy atom. The van der Waals surface area contributed by atoms with Crippen LogP contribution in [-0.2, 0) is 17.9 Å². The maximum absolute atomic E-state index is 12.4. The molecular formula is C19H23N7O. The number of nitrogens with one attached hydrogen (secondary N) is 2. The Kier molecular flexibility index (Phi) is 5.24. The zero-order valence-corrected chi connectivity index (χ0v) is 15.1. The van der Waals surface area contributed by atoms with Crippen molar-refractivity contribution >= 4 is 5.91 Å². The standard InChI is InChI=1S/C19H23N7O/c27-19(12-25-18(7-9-23-25)16-2-1-8-20-11-16)22-10-15-3-5-17(6-4-15)26-14-21-13-24-26/h3-7,9,13-14,16,20H,1-2,8,10-12H2,(H,22,27)/t16-/m1/s1. The van der Waals surface area contributed by atoms with E-state index in [-0.39, 0.29) is 12.5 Å². The van der Waals surface area contributed by atoms with Crippen molar-refractivity contribution in [3.05, 3.63) is 60.4 Å². The van der Waals surface area contributed by atoms with Crippen molar-refractivity contribution in [3.8, 4) is 5.69 Å². The molecule has 2 N–H and O–H groups in total. The summed E-state index contributed by atoms with van der Waals surface area (Å²) in [6.07, 6.45) is 7.23. The van der Waals surface area contributed by atoms with E-state index >= 15 is 0 Å². The van der Waals surface area contributed by atoms with Gasteiger partial charge in [0, 0.05) is 30.9 Å². The Hall–Kier alpha value is -3.00. The van der Waals surface area contributed by atoms with Gasteiger partial charge in [0.1, 0.15) is 19.2 Å². The van der Waals surface area contributed by atoms with E-state index in [2.05, 4.69) is 25.8 Å². The number of amides is 1. The smallest absolute Gasteiger partial charge is 0.242 e. The Morgan fingerprint density at radius 2 is 2.11 bits per heavy atom. The first kappa shape index (κ1) is 17.4. The molecule has 8 heteroatoms. The molecule has 2 aromatic heterocycles. The average Bonchev–Trinajstić information content (AvgIpc) is 3.40. The van der Waals surface area contributed by atoms with Gasteiger partial charge in [-0.2, -0.15) is 10.2 Å². The first-order valence-electron chi connectivity index (χ1n) is 9.22. The molecule has 3 heterocycles. The molecule has 1 amide bonds. The fraction of sp³-hybridized carbons (Fsp3) is 0.368. The highest BCUT2D eigenvalue weighted by Gasteiger charge is 2.19. The number of nitrogens with zero attached hydrogens (tertiary/aromatic N) is 5. The van der Waals surface area contributed by atoms with Crippen LogP contribution in [0.4, 0.5) is 0 Å². The minimum Gasteiger partial charge on any atom is -0.350 e. The van der Waals surface area contributed by atoms with E-state index in [9.17, 15) is 4.79 Å². The lowest BCUT2D eigenvalue weighted by atomic mass is 9.96. The van der Waals surface area contributed by atoms with Gasteiger partial charge >= 0.3 is 0 Å². The number of benzene rings is 1. The Morgan fingerprint density at radius 1 is 1.22 bits per heavy atom. The first-order valence-corrected chi connectivity index (χ1v) is 9.22. The molecule has 0 radical (unpaired) electrons. The number of piperidine rings is 1. The molecule has 8 nitrogen and oxygen atoms in total. The monoisotopic (exact) mass is 365 g/mol. The van der Waals surface area contributed by atoms with Crippen LogP contribution < -0.4 is 10.6 Å². The normalized spacial score (nSPS) is 17.0. The number of rotatable bonds is 6. The number of aromatic nitrogens is 5. The Balaban J connectivity index is 1.32. The molecule has 1 aliphatic rings. The summed E-state index contributed by atoms with van der Waals surface area (Å²) < 4.78 is 3.52. The van der Waals surface area contributed by atoms with Gasteiger partial charge in [-0.05, 0) is 43.1 Å². The lowest BCUT2D eigenvalue weighted by Crippen LogP contribution is -2.32. The van der Waals surface area contributed by atoms with Crippen LogP contribution in [0.1, 0.15) is 30.0 Å². The van der Waals surface area contributed by atoms with Crippen LogP contribution in [0.2, 0.25) is 0 Å². The van der Waals surface area contributed by atoms with Gasteiger partial charge in [-0.1, -0.05) is 12.1 Å². The molecule has 0 spiro atoms. The van der Waals surface area contributed by atoms with Crippen LogP contribution in [0.15, 0.2) is 49.2 Å². The van der Waals surface area contributed by atoms with Crippen LogP contribution in [0.3, 0.4) is 0 Å². The minimum atomic E-state index is -0.0379. The average molecular weight is 365 g/mol. The summed E-state index contributed by atoms with van der Waals surface area (Å²) in [7, 11) is 0. The van der Waals surface area contributed by atoms with Gasteiger partial charge in [0.05, 0.1) is 5.69 Å². The maximum atomic E-state index is 12.4. The summed E-state index contributed by atoms with van der Waals surface area (Å²) >= 11 is 0. The van der Waals surface area contributed by atoms with E-state index in [4.69, 9.17) is 0 Å². The van der Waals surface area contributed by atoms with Crippen molar-refractivity contribution in [1.82, 2.24) is 35.2 Å². The third-order valence-corrected chi connectivity index (χ3v) is 4.87. The molecule has 0 saturated carbocycles. The van der Waals surface area contributed by atoms with E-state index in [1.807, 2.05) is 35.0 Å². The van der Waals surface area contributed by atoms with Crippen molar-refractivity contribution in [3.63, 3.8) is 0 Å². The highest BCUT2D eigenvalue weighted by atomic mass is 16.2. The number of hydrogen-bond acceptors (Lipinski definition) is 5. The summed E-state index contributed by atoms with van der Waals surface area (Å²) in [5, 5.41) is 14.8. The van der Waals surface area contributed by atoms with Gasteiger partial charge in [0.2, 0.25) is 5.91 Å². The van der Waals surface area contributed by atoms with Crippen LogP contribution in [0.25, 0.3) is 5.69 Å². The predicted molar refractivity (Wildman–Crippen MR) is 100 cm³/mol. The quantitative estimate of drug-likeness (QED) is 0.686. The summed E-state index contributed by atoms with van der Waals surface area (Å²) in [6.45, 7) is 2.75. The van der Waals surface area contributed by atoms with E-state index in [1.165, 1.54) is 6.33 Å². The second-order valence-corrected chi connectivity index (χ2v) is 6.74. The third-order valence-electron chi connectivity index (χ3n) is 4.87. The highest BCUT2D eigenvalue weighted by molar-refractivity contribution is 5.75. The largest absolute Gasteiger partial charge is 0.350 e. The number of hydrogen-bond donors (Lipinski definition) is 2. The molecule has 1 fully saturated rings. The second-order valence-electron chi connectivity index (χ2n) is 6.74. The molecule has 0 aliphatic carbocycles. The van der Waals surface area contributed by atoms with Gasteiger partial charge in [0.25, 0.3) is 0 Å². The molecule has 4 rings (SSSR count). The van der Waals surface area contributed by atoms with E-state index < -0.39 is 0 Å². The van der Waals surface area contributed by atoms with Crippen molar-refractivity contribution in [2.24, 2.45) is 0 Å². The van der Waals surface area contributed by atoms with Gasteiger partial charge < -0.3 is 10.6 Å². The van der Waals surface area contributed by atoms with Crippen molar-refractivity contribution in [1.29, 1.82) is 0 Å². The SMILES string of the molecule is O=C(Cn1nccc1[C@@H]1CCCNC1)NCc1ccc(-n2cncn2)cc1. The Bertz CT molecular complexity index is 864. The Labute approximate surface area is 157 Å².